The molecule has 0 aliphatic carbocycles. The molecular formula is C25H24ClN3O5S. The number of carbonyl (C=O) groups is 3. The van der Waals surface area contributed by atoms with Gasteiger partial charge in [0.25, 0.3) is 5.91 Å². The van der Waals surface area contributed by atoms with Crippen LogP contribution in [0.5, 0.6) is 0 Å². The van der Waals surface area contributed by atoms with Gasteiger partial charge in [0.2, 0.25) is 0 Å². The summed E-state index contributed by atoms with van der Waals surface area (Å²) in [6.45, 7) is 2.47. The summed E-state index contributed by atoms with van der Waals surface area (Å²) in [5, 5.41) is 2.38. The molecule has 4 rings (SSSR count). The number of nitrogens with zero attached hydrogens (tertiary/aromatic N) is 3. The van der Waals surface area contributed by atoms with Gasteiger partial charge in [-0.2, -0.15) is 0 Å². The minimum absolute atomic E-state index is 0.0221. The van der Waals surface area contributed by atoms with Crippen LogP contribution < -0.4 is 9.80 Å². The molecule has 3 heterocycles. The molecule has 1 amide bonds. The number of halogens is 1. The lowest BCUT2D eigenvalue weighted by Gasteiger charge is -2.36. The Balaban J connectivity index is 1.56. The monoisotopic (exact) mass is 513 g/mol. The van der Waals surface area contributed by atoms with Crippen LogP contribution in [0, 0.1) is 0 Å². The number of benzene rings is 1. The first-order chi connectivity index (χ1) is 16.9. The van der Waals surface area contributed by atoms with E-state index in [0.717, 1.165) is 10.6 Å². The van der Waals surface area contributed by atoms with E-state index < -0.39 is 11.9 Å². The van der Waals surface area contributed by atoms with Gasteiger partial charge in [-0.25, -0.2) is 9.59 Å². The molecular weight excluding hydrogens is 490 g/mol. The third kappa shape index (κ3) is 5.11. The van der Waals surface area contributed by atoms with Crippen molar-refractivity contribution >= 4 is 52.2 Å². The molecule has 2 aliphatic heterocycles. The van der Waals surface area contributed by atoms with Gasteiger partial charge in [0.15, 0.2) is 0 Å². The first kappa shape index (κ1) is 24.6. The van der Waals surface area contributed by atoms with Crippen LogP contribution in [0.4, 0.5) is 11.4 Å². The SMILES string of the molecule is COC(=O)C1=C(C(=O)OC)N(c2ccc(N3CCN(C(=O)c4cccs4)CC3)c(Cl)c2)C=CC=C1. The Labute approximate surface area is 212 Å². The molecule has 1 aromatic heterocycles. The molecule has 2 aliphatic rings. The van der Waals surface area contributed by atoms with Gasteiger partial charge < -0.3 is 24.2 Å². The Morgan fingerprint density at radius 1 is 0.971 bits per heavy atom. The molecule has 0 unspecified atom stereocenters. The van der Waals surface area contributed by atoms with Gasteiger partial charge in [0.1, 0.15) is 5.70 Å². The van der Waals surface area contributed by atoms with Crippen molar-refractivity contribution in [1.29, 1.82) is 0 Å². The van der Waals surface area contributed by atoms with Gasteiger partial charge in [-0.1, -0.05) is 23.7 Å². The molecule has 182 valence electrons. The highest BCUT2D eigenvalue weighted by atomic mass is 35.5. The average molecular weight is 514 g/mol. The van der Waals surface area contributed by atoms with Crippen LogP contribution in [0.2, 0.25) is 5.02 Å². The second-order valence-corrected chi connectivity index (χ2v) is 9.06. The number of esters is 2. The largest absolute Gasteiger partial charge is 0.465 e. The predicted octanol–water partition coefficient (Wildman–Crippen LogP) is 3.85. The molecule has 0 bridgehead atoms. The van der Waals surface area contributed by atoms with E-state index in [0.29, 0.717) is 36.9 Å². The smallest absolute Gasteiger partial charge is 0.355 e. The van der Waals surface area contributed by atoms with E-state index in [9.17, 15) is 14.4 Å². The molecule has 0 spiro atoms. The van der Waals surface area contributed by atoms with E-state index in [1.165, 1.54) is 31.6 Å². The molecule has 1 fully saturated rings. The summed E-state index contributed by atoms with van der Waals surface area (Å²) < 4.78 is 9.80. The maximum absolute atomic E-state index is 12.6. The lowest BCUT2D eigenvalue weighted by Crippen LogP contribution is -2.48. The summed E-state index contributed by atoms with van der Waals surface area (Å²) in [4.78, 5) is 43.9. The summed E-state index contributed by atoms with van der Waals surface area (Å²) >= 11 is 8.12. The van der Waals surface area contributed by atoms with Crippen molar-refractivity contribution < 1.29 is 23.9 Å². The van der Waals surface area contributed by atoms with Gasteiger partial charge in [-0.05, 0) is 41.8 Å². The third-order valence-corrected chi connectivity index (χ3v) is 6.90. The van der Waals surface area contributed by atoms with Gasteiger partial charge in [0.05, 0.1) is 35.4 Å². The van der Waals surface area contributed by atoms with E-state index in [2.05, 4.69) is 4.90 Å². The molecule has 0 N–H and O–H groups in total. The number of hydrogen-bond acceptors (Lipinski definition) is 8. The first-order valence-electron chi connectivity index (χ1n) is 10.9. The average Bonchev–Trinajstić information content (AvgIpc) is 3.33. The Morgan fingerprint density at radius 2 is 1.71 bits per heavy atom. The molecule has 1 saturated heterocycles. The van der Waals surface area contributed by atoms with E-state index in [-0.39, 0.29) is 17.2 Å². The molecule has 35 heavy (non-hydrogen) atoms. The van der Waals surface area contributed by atoms with Crippen LogP contribution >= 0.6 is 22.9 Å². The highest BCUT2D eigenvalue weighted by Crippen LogP contribution is 2.34. The number of piperazine rings is 1. The molecule has 1 aromatic carbocycles. The number of allylic oxidation sites excluding steroid dienone is 2. The van der Waals surface area contributed by atoms with Crippen molar-refractivity contribution in [3.8, 4) is 0 Å². The highest BCUT2D eigenvalue weighted by Gasteiger charge is 2.28. The zero-order valence-electron chi connectivity index (χ0n) is 19.3. The number of amides is 1. The van der Waals surface area contributed by atoms with Crippen molar-refractivity contribution in [2.45, 2.75) is 0 Å². The molecule has 2 aromatic rings. The Morgan fingerprint density at radius 3 is 2.34 bits per heavy atom. The minimum Gasteiger partial charge on any atom is -0.465 e. The van der Waals surface area contributed by atoms with Gasteiger partial charge >= 0.3 is 11.9 Å². The number of rotatable bonds is 5. The lowest BCUT2D eigenvalue weighted by molar-refractivity contribution is -0.139. The van der Waals surface area contributed by atoms with Gasteiger partial charge in [0, 0.05) is 38.1 Å². The summed E-state index contributed by atoms with van der Waals surface area (Å²) in [6, 6.07) is 9.13. The minimum atomic E-state index is -0.687. The molecule has 8 nitrogen and oxygen atoms in total. The molecule has 10 heteroatoms. The van der Waals surface area contributed by atoms with E-state index >= 15 is 0 Å². The second-order valence-electron chi connectivity index (χ2n) is 7.71. The van der Waals surface area contributed by atoms with Crippen molar-refractivity contribution in [2.75, 3.05) is 50.2 Å². The number of anilines is 2. The van der Waals surface area contributed by atoms with Crippen LogP contribution in [0.3, 0.4) is 0 Å². The Kier molecular flexibility index (Phi) is 7.57. The fraction of sp³-hybridized carbons (Fsp3) is 0.240. The normalized spacial score (nSPS) is 15.8. The van der Waals surface area contributed by atoms with Crippen molar-refractivity contribution in [3.63, 3.8) is 0 Å². The van der Waals surface area contributed by atoms with Gasteiger partial charge in [-0.3, -0.25) is 4.79 Å². The lowest BCUT2D eigenvalue weighted by atomic mass is 10.1. The maximum Gasteiger partial charge on any atom is 0.355 e. The predicted molar refractivity (Wildman–Crippen MR) is 136 cm³/mol. The van der Waals surface area contributed by atoms with E-state index in [4.69, 9.17) is 21.1 Å². The number of methoxy groups -OCH3 is 2. The van der Waals surface area contributed by atoms with E-state index in [1.54, 1.807) is 29.3 Å². The van der Waals surface area contributed by atoms with Gasteiger partial charge in [-0.15, -0.1) is 11.3 Å². The van der Waals surface area contributed by atoms with Crippen LogP contribution in [0.25, 0.3) is 0 Å². The fourth-order valence-electron chi connectivity index (χ4n) is 3.97. The van der Waals surface area contributed by atoms with E-state index in [1.807, 2.05) is 34.5 Å². The Hall–Kier alpha value is -3.56. The van der Waals surface area contributed by atoms with Crippen molar-refractivity contribution in [1.82, 2.24) is 4.90 Å². The van der Waals surface area contributed by atoms with Crippen LogP contribution in [-0.2, 0) is 19.1 Å². The first-order valence-corrected chi connectivity index (χ1v) is 12.1. The topological polar surface area (TPSA) is 79.4 Å². The summed E-state index contributed by atoms with van der Waals surface area (Å²) in [7, 11) is 2.50. The number of carbonyl (C=O) groups excluding carboxylic acids is 3. The third-order valence-electron chi connectivity index (χ3n) is 5.74. The number of hydrogen-bond donors (Lipinski definition) is 0. The number of thiophene rings is 1. The van der Waals surface area contributed by atoms with Crippen molar-refractivity contribution in [2.24, 2.45) is 0 Å². The fourth-order valence-corrected chi connectivity index (χ4v) is 4.96. The molecule has 0 saturated carbocycles. The standard InChI is InChI=1S/C25H24ClN3O5S/c1-33-24(31)18-6-3-4-10-29(22(18)25(32)34-2)17-8-9-20(19(26)16-17)27-11-13-28(14-12-27)23(30)21-7-5-15-35-21/h3-10,15-16H,11-14H2,1-2H3. The summed E-state index contributed by atoms with van der Waals surface area (Å²) in [6.07, 6.45) is 6.49. The quantitative estimate of drug-likeness (QED) is 0.562. The van der Waals surface area contributed by atoms with Crippen LogP contribution in [-0.4, -0.2) is 63.1 Å². The molecule has 0 radical (unpaired) electrons. The number of ether oxygens (including phenoxy) is 2. The zero-order chi connectivity index (χ0) is 24.9. The highest BCUT2D eigenvalue weighted by molar-refractivity contribution is 7.12. The van der Waals surface area contributed by atoms with Crippen LogP contribution in [0.1, 0.15) is 9.67 Å². The summed E-state index contributed by atoms with van der Waals surface area (Å²) in [5.41, 5.74) is 1.49. The second kappa shape index (κ2) is 10.8. The maximum atomic E-state index is 12.6. The summed E-state index contributed by atoms with van der Waals surface area (Å²) in [5.74, 6) is -1.30. The Bertz CT molecular complexity index is 1210. The van der Waals surface area contributed by atoms with Crippen LogP contribution in [0.15, 0.2) is 71.4 Å². The zero-order valence-corrected chi connectivity index (χ0v) is 20.8. The van der Waals surface area contributed by atoms with Crippen molar-refractivity contribution in [3.05, 3.63) is 81.3 Å². The molecule has 0 atom stereocenters.